The Morgan fingerprint density at radius 1 is 0.217 bits per heavy atom. The van der Waals surface area contributed by atoms with Crippen molar-refractivity contribution in [3.63, 3.8) is 0 Å². The zero-order valence-electron chi connectivity index (χ0n) is 32.6. The third kappa shape index (κ3) is 5.50. The van der Waals surface area contributed by atoms with Gasteiger partial charge in [0.2, 0.25) is 0 Å². The molecule has 2 heteroatoms. The van der Waals surface area contributed by atoms with Crippen LogP contribution in [0.2, 0.25) is 0 Å². The average Bonchev–Trinajstić information content (AvgIpc) is 3.90. The Bertz CT molecular complexity index is 3350. The fraction of sp³-hybridized carbons (Fsp3) is 0. The van der Waals surface area contributed by atoms with Crippen molar-refractivity contribution in [3.8, 4) is 67.2 Å². The van der Waals surface area contributed by atoms with E-state index in [1.807, 2.05) is 0 Å². The van der Waals surface area contributed by atoms with Gasteiger partial charge in [0.25, 0.3) is 0 Å². The fourth-order valence-electron chi connectivity index (χ4n) is 9.34. The molecule has 280 valence electrons. The van der Waals surface area contributed by atoms with Crippen LogP contribution in [-0.2, 0) is 0 Å². The third-order valence-corrected chi connectivity index (χ3v) is 12.1. The molecular formula is C58H36O2. The van der Waals surface area contributed by atoms with Crippen LogP contribution in [0.1, 0.15) is 0 Å². The fourth-order valence-corrected chi connectivity index (χ4v) is 9.34. The molecule has 0 saturated carbocycles. The highest BCUT2D eigenvalue weighted by Crippen LogP contribution is 2.52. The molecule has 0 amide bonds. The summed E-state index contributed by atoms with van der Waals surface area (Å²) in [4.78, 5) is 0. The second-order valence-corrected chi connectivity index (χ2v) is 15.5. The van der Waals surface area contributed by atoms with Gasteiger partial charge in [0.05, 0.1) is 0 Å². The highest BCUT2D eigenvalue weighted by atomic mass is 16.3. The number of para-hydroxylation sites is 2. The minimum absolute atomic E-state index is 0.852. The molecule has 0 spiro atoms. The van der Waals surface area contributed by atoms with Crippen molar-refractivity contribution in [2.45, 2.75) is 0 Å². The number of hydrogen-bond acceptors (Lipinski definition) is 2. The maximum Gasteiger partial charge on any atom is 0.144 e. The monoisotopic (exact) mass is 764 g/mol. The largest absolute Gasteiger partial charge is 0.455 e. The predicted octanol–water partition coefficient (Wildman–Crippen LogP) is 16.6. The molecule has 0 bridgehead atoms. The van der Waals surface area contributed by atoms with Gasteiger partial charge >= 0.3 is 0 Å². The van der Waals surface area contributed by atoms with E-state index >= 15 is 0 Å². The summed E-state index contributed by atoms with van der Waals surface area (Å²) in [6, 6.07) is 77.9. The van der Waals surface area contributed by atoms with Gasteiger partial charge < -0.3 is 8.83 Å². The van der Waals surface area contributed by atoms with Gasteiger partial charge in [-0.3, -0.25) is 0 Å². The molecular weight excluding hydrogens is 729 g/mol. The van der Waals surface area contributed by atoms with E-state index in [2.05, 4.69) is 218 Å². The molecule has 0 radical (unpaired) electrons. The molecule has 0 saturated heterocycles. The first-order valence-electron chi connectivity index (χ1n) is 20.5. The smallest absolute Gasteiger partial charge is 0.144 e. The molecule has 12 aromatic rings. The molecule has 0 unspecified atom stereocenters. The first kappa shape index (κ1) is 34.1. The zero-order chi connectivity index (χ0) is 39.6. The normalized spacial score (nSPS) is 11.7. The van der Waals surface area contributed by atoms with Gasteiger partial charge in [0.15, 0.2) is 0 Å². The van der Waals surface area contributed by atoms with Gasteiger partial charge in [-0.25, -0.2) is 0 Å². The second kappa shape index (κ2) is 13.9. The summed E-state index contributed by atoms with van der Waals surface area (Å²) in [7, 11) is 0. The molecule has 2 nitrogen and oxygen atoms in total. The minimum Gasteiger partial charge on any atom is -0.455 e. The van der Waals surface area contributed by atoms with Crippen LogP contribution in [0.3, 0.4) is 0 Å². The number of benzene rings is 10. The van der Waals surface area contributed by atoms with E-state index in [-0.39, 0.29) is 0 Å². The maximum atomic E-state index is 7.13. The Hall–Kier alpha value is -7.94. The molecule has 2 heterocycles. The molecule has 0 aliphatic rings. The van der Waals surface area contributed by atoms with E-state index in [1.54, 1.807) is 0 Å². The van der Waals surface area contributed by atoms with Gasteiger partial charge in [-0.05, 0) is 102 Å². The van der Waals surface area contributed by atoms with Crippen LogP contribution in [-0.4, -0.2) is 0 Å². The van der Waals surface area contributed by atoms with E-state index < -0.39 is 0 Å². The molecule has 0 atom stereocenters. The van der Waals surface area contributed by atoms with E-state index in [9.17, 15) is 0 Å². The lowest BCUT2D eigenvalue weighted by molar-refractivity contribution is 0.632. The molecule has 0 aliphatic carbocycles. The summed E-state index contributed by atoms with van der Waals surface area (Å²) in [5, 5.41) is 8.89. The van der Waals surface area contributed by atoms with Crippen molar-refractivity contribution < 1.29 is 8.83 Å². The lowest BCUT2D eigenvalue weighted by Gasteiger charge is -2.18. The van der Waals surface area contributed by atoms with E-state index in [0.29, 0.717) is 0 Å². The first-order valence-corrected chi connectivity index (χ1v) is 20.5. The molecule has 10 aromatic carbocycles. The standard InChI is InChI=1S/C58H36O2/c1-3-17-37(18-4-1)39-23-15-25-43(33-39)53-47-29-11-13-31-51(47)59-57(53)55-45-27-9-10-28-46(45)56(50-36-42-22-8-7-21-41(42)35-49(50)55)58-54(48-30-12-14-32-52(48)60-58)44-26-16-24-40(34-44)38-19-5-2-6-20-38/h1-36H. The molecule has 0 aliphatic heterocycles. The lowest BCUT2D eigenvalue weighted by atomic mass is 9.85. The molecule has 0 fully saturated rings. The van der Waals surface area contributed by atoms with Gasteiger partial charge in [0.1, 0.15) is 22.7 Å². The van der Waals surface area contributed by atoms with Gasteiger partial charge in [-0.1, -0.05) is 182 Å². The Morgan fingerprint density at radius 3 is 1.02 bits per heavy atom. The third-order valence-electron chi connectivity index (χ3n) is 12.1. The van der Waals surface area contributed by atoms with Crippen LogP contribution >= 0.6 is 0 Å². The Kier molecular flexibility index (Phi) is 7.89. The molecule has 12 rings (SSSR count). The van der Waals surface area contributed by atoms with Crippen LogP contribution in [0, 0.1) is 0 Å². The zero-order valence-corrected chi connectivity index (χ0v) is 32.6. The lowest BCUT2D eigenvalue weighted by Crippen LogP contribution is -1.93. The SMILES string of the molecule is c1ccc(-c2cccc(-c3c(-c4c5ccccc5c(-c5oc6ccccc6c5-c5cccc(-c6ccccc6)c5)c5cc6ccccc6cc45)oc4ccccc34)c2)cc1. The van der Waals surface area contributed by atoms with Crippen LogP contribution in [0.4, 0.5) is 0 Å². The van der Waals surface area contributed by atoms with Gasteiger partial charge in [-0.2, -0.15) is 0 Å². The summed E-state index contributed by atoms with van der Waals surface area (Å²) >= 11 is 0. The minimum atomic E-state index is 0.852. The Morgan fingerprint density at radius 2 is 0.567 bits per heavy atom. The topological polar surface area (TPSA) is 26.3 Å². The average molecular weight is 765 g/mol. The van der Waals surface area contributed by atoms with Crippen molar-refractivity contribution >= 4 is 54.3 Å². The first-order chi connectivity index (χ1) is 29.8. The summed E-state index contributed by atoms with van der Waals surface area (Å²) < 4.78 is 14.3. The summed E-state index contributed by atoms with van der Waals surface area (Å²) in [5.41, 5.74) is 12.9. The number of fused-ring (bicyclic) bond motifs is 5. The quantitative estimate of drug-likeness (QED) is 0.158. The number of furan rings is 2. The highest BCUT2D eigenvalue weighted by molar-refractivity contribution is 6.26. The van der Waals surface area contributed by atoms with Gasteiger partial charge in [0, 0.05) is 33.0 Å². The van der Waals surface area contributed by atoms with E-state index in [0.717, 1.165) is 110 Å². The number of hydrogen-bond donors (Lipinski definition) is 0. The molecule has 2 aromatic heterocycles. The number of rotatable bonds is 6. The van der Waals surface area contributed by atoms with Crippen molar-refractivity contribution in [2.24, 2.45) is 0 Å². The molecule has 60 heavy (non-hydrogen) atoms. The van der Waals surface area contributed by atoms with Crippen LogP contribution in [0.25, 0.3) is 121 Å². The molecule has 0 N–H and O–H groups in total. The Balaban J connectivity index is 1.20. The summed E-state index contributed by atoms with van der Waals surface area (Å²) in [6.45, 7) is 0. The second-order valence-electron chi connectivity index (χ2n) is 15.5. The van der Waals surface area contributed by atoms with Crippen molar-refractivity contribution in [1.82, 2.24) is 0 Å². The predicted molar refractivity (Wildman–Crippen MR) is 251 cm³/mol. The summed E-state index contributed by atoms with van der Waals surface area (Å²) in [5.74, 6) is 1.70. The van der Waals surface area contributed by atoms with Crippen LogP contribution in [0.5, 0.6) is 0 Å². The van der Waals surface area contributed by atoms with Gasteiger partial charge in [-0.15, -0.1) is 0 Å². The van der Waals surface area contributed by atoms with Crippen molar-refractivity contribution in [1.29, 1.82) is 0 Å². The summed E-state index contributed by atoms with van der Waals surface area (Å²) in [6.07, 6.45) is 0. The van der Waals surface area contributed by atoms with E-state index in [4.69, 9.17) is 8.83 Å². The van der Waals surface area contributed by atoms with Crippen LogP contribution in [0.15, 0.2) is 227 Å². The Labute approximate surface area is 347 Å². The highest BCUT2D eigenvalue weighted by Gasteiger charge is 2.28. The maximum absolute atomic E-state index is 7.13. The van der Waals surface area contributed by atoms with Crippen LogP contribution < -0.4 is 0 Å². The van der Waals surface area contributed by atoms with Crippen molar-refractivity contribution in [3.05, 3.63) is 218 Å². The van der Waals surface area contributed by atoms with Crippen molar-refractivity contribution in [2.75, 3.05) is 0 Å². The van der Waals surface area contributed by atoms with E-state index in [1.165, 1.54) is 11.1 Å².